The number of carbonyl (C=O) groups is 2. The molecule has 2 aromatic rings. The van der Waals surface area contributed by atoms with Gasteiger partial charge in [0.25, 0.3) is 5.91 Å². The quantitative estimate of drug-likeness (QED) is 0.760. The molecule has 2 aromatic carbocycles. The van der Waals surface area contributed by atoms with Crippen LogP contribution in [0.2, 0.25) is 10.0 Å². The van der Waals surface area contributed by atoms with Crippen molar-refractivity contribution in [2.45, 2.75) is 13.0 Å². The van der Waals surface area contributed by atoms with E-state index in [9.17, 15) is 14.0 Å². The molecule has 0 aromatic heterocycles. The number of esters is 1. The second kappa shape index (κ2) is 8.69. The molecule has 1 N–H and O–H groups in total. The lowest BCUT2D eigenvalue weighted by atomic mass is 10.3. The largest absolute Gasteiger partial charge is 0.479 e. The number of ether oxygens (including phenoxy) is 2. The fraction of sp³-hybridized carbons (Fsp3) is 0.176. The molecule has 1 unspecified atom stereocenters. The van der Waals surface area contributed by atoms with Crippen LogP contribution < -0.4 is 10.1 Å². The second-order valence-electron chi connectivity index (χ2n) is 5.00. The average Bonchev–Trinajstić information content (AvgIpc) is 2.55. The summed E-state index contributed by atoms with van der Waals surface area (Å²) in [5.41, 5.74) is 0.215. The van der Waals surface area contributed by atoms with E-state index in [1.54, 1.807) is 24.3 Å². The number of nitrogens with one attached hydrogen (secondary N) is 1. The molecule has 0 fully saturated rings. The van der Waals surface area contributed by atoms with Gasteiger partial charge in [-0.25, -0.2) is 9.18 Å². The summed E-state index contributed by atoms with van der Waals surface area (Å²) in [7, 11) is 0. The molecule has 132 valence electrons. The zero-order chi connectivity index (χ0) is 18.4. The molecule has 0 heterocycles. The lowest BCUT2D eigenvalue weighted by Gasteiger charge is -2.14. The Morgan fingerprint density at radius 3 is 2.64 bits per heavy atom. The topological polar surface area (TPSA) is 64.6 Å². The summed E-state index contributed by atoms with van der Waals surface area (Å²) in [5, 5.41) is 2.92. The van der Waals surface area contributed by atoms with E-state index in [-0.39, 0.29) is 10.7 Å². The van der Waals surface area contributed by atoms with Crippen molar-refractivity contribution < 1.29 is 23.5 Å². The van der Waals surface area contributed by atoms with E-state index in [4.69, 9.17) is 32.7 Å². The highest BCUT2D eigenvalue weighted by Gasteiger charge is 2.18. The van der Waals surface area contributed by atoms with Gasteiger partial charge in [-0.15, -0.1) is 0 Å². The summed E-state index contributed by atoms with van der Waals surface area (Å²) >= 11 is 11.6. The van der Waals surface area contributed by atoms with Gasteiger partial charge in [0, 0.05) is 5.02 Å². The van der Waals surface area contributed by atoms with E-state index in [1.807, 2.05) is 0 Å². The van der Waals surface area contributed by atoms with Crippen molar-refractivity contribution in [3.63, 3.8) is 0 Å². The van der Waals surface area contributed by atoms with E-state index in [0.29, 0.717) is 10.8 Å². The summed E-state index contributed by atoms with van der Waals surface area (Å²) in [6, 6.07) is 10.0. The molecular weight excluding hydrogens is 372 g/mol. The van der Waals surface area contributed by atoms with Gasteiger partial charge in [0.05, 0.1) is 10.7 Å². The molecule has 0 aliphatic carbocycles. The van der Waals surface area contributed by atoms with Crippen molar-refractivity contribution in [1.29, 1.82) is 0 Å². The molecule has 1 amide bonds. The van der Waals surface area contributed by atoms with Crippen molar-refractivity contribution in [2.75, 3.05) is 11.9 Å². The first-order valence-corrected chi connectivity index (χ1v) is 7.94. The normalized spacial score (nSPS) is 11.5. The van der Waals surface area contributed by atoms with E-state index >= 15 is 0 Å². The van der Waals surface area contributed by atoms with Crippen LogP contribution in [0.3, 0.4) is 0 Å². The minimum absolute atomic E-state index is 0.0392. The molecule has 0 aliphatic rings. The van der Waals surface area contributed by atoms with Crippen LogP contribution in [0, 0.1) is 5.82 Å². The summed E-state index contributed by atoms with van der Waals surface area (Å²) in [6.45, 7) is 0.952. The first-order valence-electron chi connectivity index (χ1n) is 7.19. The fourth-order valence-corrected chi connectivity index (χ4v) is 2.22. The van der Waals surface area contributed by atoms with Gasteiger partial charge in [0.2, 0.25) is 0 Å². The predicted molar refractivity (Wildman–Crippen MR) is 92.5 cm³/mol. The molecule has 2 rings (SSSR count). The van der Waals surface area contributed by atoms with Gasteiger partial charge in [-0.2, -0.15) is 0 Å². The van der Waals surface area contributed by atoms with Crippen LogP contribution in [0.1, 0.15) is 6.92 Å². The summed E-state index contributed by atoms with van der Waals surface area (Å²) in [5.74, 6) is -1.46. The number of rotatable bonds is 6. The molecule has 0 aliphatic heterocycles. The molecule has 5 nitrogen and oxygen atoms in total. The Morgan fingerprint density at radius 2 is 1.96 bits per heavy atom. The molecule has 0 spiro atoms. The van der Waals surface area contributed by atoms with Crippen molar-refractivity contribution in [1.82, 2.24) is 0 Å². The number of halogens is 3. The Hall–Kier alpha value is -2.31. The maximum absolute atomic E-state index is 12.9. The van der Waals surface area contributed by atoms with Crippen molar-refractivity contribution in [2.24, 2.45) is 0 Å². The smallest absolute Gasteiger partial charge is 0.347 e. The van der Waals surface area contributed by atoms with E-state index in [2.05, 4.69) is 5.32 Å². The van der Waals surface area contributed by atoms with Gasteiger partial charge in [-0.05, 0) is 43.3 Å². The maximum atomic E-state index is 12.9. The number of hydrogen-bond acceptors (Lipinski definition) is 4. The standard InChI is InChI=1S/C17H14Cl2FNO4/c1-10(25-13-4-2-3-11(18)7-13)17(23)24-9-16(22)21-15-6-5-12(20)8-14(15)19/h2-8,10H,9H2,1H3,(H,21,22). The minimum Gasteiger partial charge on any atom is -0.479 e. The summed E-state index contributed by atoms with van der Waals surface area (Å²) < 4.78 is 23.2. The Labute approximate surface area is 153 Å². The van der Waals surface area contributed by atoms with Crippen LogP contribution >= 0.6 is 23.2 Å². The van der Waals surface area contributed by atoms with Crippen LogP contribution in [-0.4, -0.2) is 24.6 Å². The third-order valence-electron chi connectivity index (χ3n) is 2.99. The first-order chi connectivity index (χ1) is 11.8. The third-order valence-corrected chi connectivity index (χ3v) is 3.54. The van der Waals surface area contributed by atoms with Gasteiger partial charge in [-0.1, -0.05) is 29.3 Å². The molecule has 0 saturated heterocycles. The molecule has 0 saturated carbocycles. The van der Waals surface area contributed by atoms with Crippen LogP contribution in [0.5, 0.6) is 5.75 Å². The summed E-state index contributed by atoms with van der Waals surface area (Å²) in [6.07, 6.45) is -0.930. The summed E-state index contributed by atoms with van der Waals surface area (Å²) in [4.78, 5) is 23.6. The molecule has 8 heteroatoms. The Kier molecular flexibility index (Phi) is 6.61. The lowest BCUT2D eigenvalue weighted by Crippen LogP contribution is -2.29. The van der Waals surface area contributed by atoms with E-state index in [1.165, 1.54) is 13.0 Å². The van der Waals surface area contributed by atoms with Crippen molar-refractivity contribution in [3.05, 3.63) is 58.3 Å². The van der Waals surface area contributed by atoms with Crippen LogP contribution in [0.4, 0.5) is 10.1 Å². The molecular formula is C17H14Cl2FNO4. The van der Waals surface area contributed by atoms with Gasteiger partial charge in [0.1, 0.15) is 11.6 Å². The van der Waals surface area contributed by atoms with Crippen LogP contribution in [-0.2, 0) is 14.3 Å². The molecule has 0 bridgehead atoms. The van der Waals surface area contributed by atoms with Gasteiger partial charge in [0.15, 0.2) is 12.7 Å². The van der Waals surface area contributed by atoms with Crippen molar-refractivity contribution in [3.8, 4) is 5.75 Å². The monoisotopic (exact) mass is 385 g/mol. The Morgan fingerprint density at radius 1 is 1.20 bits per heavy atom. The number of carbonyl (C=O) groups excluding carboxylic acids is 2. The maximum Gasteiger partial charge on any atom is 0.347 e. The predicted octanol–water partition coefficient (Wildman–Crippen LogP) is 4.08. The first kappa shape index (κ1) is 19.0. The van der Waals surface area contributed by atoms with Crippen molar-refractivity contribution >= 4 is 40.8 Å². The number of hydrogen-bond donors (Lipinski definition) is 1. The Balaban J connectivity index is 1.83. The van der Waals surface area contributed by atoms with Gasteiger partial charge < -0.3 is 14.8 Å². The number of anilines is 1. The number of benzene rings is 2. The molecule has 1 atom stereocenters. The average molecular weight is 386 g/mol. The number of amides is 1. The highest BCUT2D eigenvalue weighted by Crippen LogP contribution is 2.22. The van der Waals surface area contributed by atoms with E-state index in [0.717, 1.165) is 12.1 Å². The zero-order valence-corrected chi connectivity index (χ0v) is 14.6. The van der Waals surface area contributed by atoms with E-state index < -0.39 is 30.4 Å². The fourth-order valence-electron chi connectivity index (χ4n) is 1.82. The highest BCUT2D eigenvalue weighted by molar-refractivity contribution is 6.33. The third kappa shape index (κ3) is 5.92. The lowest BCUT2D eigenvalue weighted by molar-refractivity contribution is -0.153. The van der Waals surface area contributed by atoms with Crippen LogP contribution in [0.25, 0.3) is 0 Å². The van der Waals surface area contributed by atoms with Gasteiger partial charge in [-0.3, -0.25) is 4.79 Å². The molecule has 25 heavy (non-hydrogen) atoms. The molecule has 0 radical (unpaired) electrons. The highest BCUT2D eigenvalue weighted by atomic mass is 35.5. The van der Waals surface area contributed by atoms with Gasteiger partial charge >= 0.3 is 5.97 Å². The van der Waals surface area contributed by atoms with Crippen LogP contribution in [0.15, 0.2) is 42.5 Å². The SMILES string of the molecule is CC(Oc1cccc(Cl)c1)C(=O)OCC(=O)Nc1ccc(F)cc1Cl. The Bertz CT molecular complexity index is 785. The minimum atomic E-state index is -0.930. The zero-order valence-electron chi connectivity index (χ0n) is 13.1. The second-order valence-corrected chi connectivity index (χ2v) is 5.84.